The molecular formula is C26H25FN2O6. The van der Waals surface area contributed by atoms with Crippen LogP contribution in [-0.4, -0.2) is 38.1 Å². The summed E-state index contributed by atoms with van der Waals surface area (Å²) in [5.74, 6) is -1.59. The molecule has 3 aromatic carbocycles. The fourth-order valence-electron chi connectivity index (χ4n) is 3.11. The first-order valence-electron chi connectivity index (χ1n) is 10.7. The minimum Gasteiger partial charge on any atom is -0.493 e. The number of hydrogen-bond donors (Lipinski definition) is 2. The number of esters is 1. The average molecular weight is 480 g/mol. The van der Waals surface area contributed by atoms with Gasteiger partial charge >= 0.3 is 5.97 Å². The van der Waals surface area contributed by atoms with Crippen LogP contribution >= 0.6 is 0 Å². The predicted molar refractivity (Wildman–Crippen MR) is 127 cm³/mol. The SMILES string of the molecule is COc1cc(C(=O)OCC(=O)N[C@H](C)c2ccccc2)ccc1OCC(=O)Nc1ccc(F)cc1. The van der Waals surface area contributed by atoms with Crippen LogP contribution < -0.4 is 20.1 Å². The largest absolute Gasteiger partial charge is 0.493 e. The highest BCUT2D eigenvalue weighted by molar-refractivity contribution is 5.93. The summed E-state index contributed by atoms with van der Waals surface area (Å²) in [6, 6.07) is 18.8. The lowest BCUT2D eigenvalue weighted by Gasteiger charge is -2.15. The maximum atomic E-state index is 13.0. The van der Waals surface area contributed by atoms with Gasteiger partial charge in [-0.25, -0.2) is 9.18 Å². The van der Waals surface area contributed by atoms with Gasteiger partial charge in [-0.3, -0.25) is 9.59 Å². The summed E-state index contributed by atoms with van der Waals surface area (Å²) in [7, 11) is 1.38. The van der Waals surface area contributed by atoms with Crippen molar-refractivity contribution in [1.82, 2.24) is 5.32 Å². The first kappa shape index (κ1) is 25.2. The van der Waals surface area contributed by atoms with Crippen molar-refractivity contribution >= 4 is 23.5 Å². The minimum absolute atomic E-state index is 0.147. The Bertz CT molecular complexity index is 1170. The van der Waals surface area contributed by atoms with Crippen LogP contribution in [0.2, 0.25) is 0 Å². The van der Waals surface area contributed by atoms with Crippen molar-refractivity contribution in [3.05, 3.63) is 89.7 Å². The van der Waals surface area contributed by atoms with E-state index in [9.17, 15) is 18.8 Å². The summed E-state index contributed by atoms with van der Waals surface area (Å²) in [5, 5.41) is 5.34. The van der Waals surface area contributed by atoms with Gasteiger partial charge in [-0.15, -0.1) is 0 Å². The van der Waals surface area contributed by atoms with E-state index in [0.29, 0.717) is 5.69 Å². The van der Waals surface area contributed by atoms with E-state index in [1.807, 2.05) is 37.3 Å². The third kappa shape index (κ3) is 7.56. The van der Waals surface area contributed by atoms with Crippen LogP contribution in [0.1, 0.15) is 28.9 Å². The Morgan fingerprint density at radius 3 is 2.29 bits per heavy atom. The van der Waals surface area contributed by atoms with Crippen LogP contribution in [0.4, 0.5) is 10.1 Å². The van der Waals surface area contributed by atoms with E-state index < -0.39 is 30.2 Å². The molecule has 0 aromatic heterocycles. The van der Waals surface area contributed by atoms with Crippen LogP contribution in [0.5, 0.6) is 11.5 Å². The number of anilines is 1. The Morgan fingerprint density at radius 2 is 1.60 bits per heavy atom. The molecular weight excluding hydrogens is 455 g/mol. The Morgan fingerprint density at radius 1 is 0.886 bits per heavy atom. The summed E-state index contributed by atoms with van der Waals surface area (Å²) in [6.45, 7) is 1.05. The molecule has 0 saturated heterocycles. The number of hydrogen-bond acceptors (Lipinski definition) is 6. The van der Waals surface area contributed by atoms with Gasteiger partial charge in [0.15, 0.2) is 24.7 Å². The smallest absolute Gasteiger partial charge is 0.338 e. The van der Waals surface area contributed by atoms with Crippen molar-refractivity contribution in [3.8, 4) is 11.5 Å². The molecule has 0 spiro atoms. The zero-order valence-electron chi connectivity index (χ0n) is 19.2. The molecule has 182 valence electrons. The molecule has 0 aliphatic carbocycles. The number of carbonyl (C=O) groups excluding carboxylic acids is 3. The quantitative estimate of drug-likeness (QED) is 0.427. The van der Waals surface area contributed by atoms with Gasteiger partial charge in [0.2, 0.25) is 0 Å². The molecule has 35 heavy (non-hydrogen) atoms. The molecule has 0 radical (unpaired) electrons. The number of nitrogens with one attached hydrogen (secondary N) is 2. The molecule has 8 nitrogen and oxygen atoms in total. The van der Waals surface area contributed by atoms with Crippen LogP contribution in [-0.2, 0) is 14.3 Å². The number of halogens is 1. The molecule has 0 aliphatic heterocycles. The third-order valence-electron chi connectivity index (χ3n) is 4.90. The van der Waals surface area contributed by atoms with Crippen LogP contribution in [0, 0.1) is 5.82 Å². The molecule has 0 bridgehead atoms. The molecule has 1 atom stereocenters. The summed E-state index contributed by atoms with van der Waals surface area (Å²) in [4.78, 5) is 36.6. The zero-order valence-corrected chi connectivity index (χ0v) is 19.2. The fraction of sp³-hybridized carbons (Fsp3) is 0.192. The Balaban J connectivity index is 1.51. The molecule has 0 aliphatic rings. The van der Waals surface area contributed by atoms with Gasteiger partial charge in [0.25, 0.3) is 11.8 Å². The van der Waals surface area contributed by atoms with Crippen molar-refractivity contribution in [2.75, 3.05) is 25.6 Å². The van der Waals surface area contributed by atoms with E-state index >= 15 is 0 Å². The summed E-state index contributed by atoms with van der Waals surface area (Å²) >= 11 is 0. The first-order valence-corrected chi connectivity index (χ1v) is 10.7. The first-order chi connectivity index (χ1) is 16.9. The van der Waals surface area contributed by atoms with Crippen molar-refractivity contribution in [3.63, 3.8) is 0 Å². The molecule has 0 heterocycles. The van der Waals surface area contributed by atoms with E-state index in [-0.39, 0.29) is 29.7 Å². The monoisotopic (exact) mass is 480 g/mol. The van der Waals surface area contributed by atoms with E-state index in [0.717, 1.165) is 5.56 Å². The second-order valence-electron chi connectivity index (χ2n) is 7.49. The Kier molecular flexibility index (Phi) is 8.77. The zero-order chi connectivity index (χ0) is 25.2. The van der Waals surface area contributed by atoms with Crippen molar-refractivity contribution < 1.29 is 33.0 Å². The second-order valence-corrected chi connectivity index (χ2v) is 7.49. The summed E-state index contributed by atoms with van der Waals surface area (Å²) in [5.41, 5.74) is 1.50. The molecule has 0 fully saturated rings. The maximum Gasteiger partial charge on any atom is 0.338 e. The highest BCUT2D eigenvalue weighted by Gasteiger charge is 2.16. The Hall–Kier alpha value is -4.40. The Labute approximate surface area is 202 Å². The normalized spacial score (nSPS) is 11.2. The number of rotatable bonds is 10. The number of methoxy groups -OCH3 is 1. The molecule has 2 N–H and O–H groups in total. The molecule has 0 unspecified atom stereocenters. The van der Waals surface area contributed by atoms with Gasteiger partial charge in [-0.05, 0) is 55.0 Å². The summed E-state index contributed by atoms with van der Waals surface area (Å²) < 4.78 is 28.8. The molecule has 2 amide bonds. The third-order valence-corrected chi connectivity index (χ3v) is 4.90. The minimum atomic E-state index is -0.716. The highest BCUT2D eigenvalue weighted by Crippen LogP contribution is 2.28. The van der Waals surface area contributed by atoms with Crippen LogP contribution in [0.25, 0.3) is 0 Å². The molecule has 3 rings (SSSR count). The fourth-order valence-corrected chi connectivity index (χ4v) is 3.11. The second kappa shape index (κ2) is 12.2. The molecule has 0 saturated carbocycles. The maximum absolute atomic E-state index is 13.0. The van der Waals surface area contributed by atoms with Crippen LogP contribution in [0.3, 0.4) is 0 Å². The van der Waals surface area contributed by atoms with Crippen molar-refractivity contribution in [2.24, 2.45) is 0 Å². The van der Waals surface area contributed by atoms with Gasteiger partial charge in [0, 0.05) is 5.69 Å². The number of ether oxygens (including phenoxy) is 3. The lowest BCUT2D eigenvalue weighted by Crippen LogP contribution is -2.31. The van der Waals surface area contributed by atoms with Gasteiger partial charge < -0.3 is 24.8 Å². The van der Waals surface area contributed by atoms with Gasteiger partial charge in [-0.1, -0.05) is 30.3 Å². The lowest BCUT2D eigenvalue weighted by atomic mass is 10.1. The van der Waals surface area contributed by atoms with Gasteiger partial charge in [0.05, 0.1) is 18.7 Å². The van der Waals surface area contributed by atoms with E-state index in [1.54, 1.807) is 0 Å². The topological polar surface area (TPSA) is 103 Å². The van der Waals surface area contributed by atoms with Gasteiger partial charge in [-0.2, -0.15) is 0 Å². The standard InChI is InChI=1S/C26H25FN2O6/c1-17(18-6-4-3-5-7-18)28-24(30)16-35-26(32)19-8-13-22(23(14-19)33-2)34-15-25(31)29-21-11-9-20(27)10-12-21/h3-14,17H,15-16H2,1-2H3,(H,28,30)(H,29,31)/t17-/m1/s1. The van der Waals surface area contributed by atoms with E-state index in [4.69, 9.17) is 14.2 Å². The number of amides is 2. The molecule has 3 aromatic rings. The number of benzene rings is 3. The van der Waals surface area contributed by atoms with E-state index in [1.165, 1.54) is 49.6 Å². The van der Waals surface area contributed by atoms with E-state index in [2.05, 4.69) is 10.6 Å². The molecule has 9 heteroatoms. The average Bonchev–Trinajstić information content (AvgIpc) is 2.87. The number of carbonyl (C=O) groups is 3. The highest BCUT2D eigenvalue weighted by atomic mass is 19.1. The summed E-state index contributed by atoms with van der Waals surface area (Å²) in [6.07, 6.45) is 0. The predicted octanol–water partition coefficient (Wildman–Crippen LogP) is 3.89. The van der Waals surface area contributed by atoms with Crippen LogP contribution in [0.15, 0.2) is 72.8 Å². The lowest BCUT2D eigenvalue weighted by molar-refractivity contribution is -0.124. The van der Waals surface area contributed by atoms with Crippen molar-refractivity contribution in [1.29, 1.82) is 0 Å². The van der Waals surface area contributed by atoms with Crippen molar-refractivity contribution in [2.45, 2.75) is 13.0 Å². The van der Waals surface area contributed by atoms with Gasteiger partial charge in [0.1, 0.15) is 5.82 Å².